The number of likely N-dealkylation sites (tertiary alicyclic amines) is 1. The monoisotopic (exact) mass is 385 g/mol. The van der Waals surface area contributed by atoms with Crippen molar-refractivity contribution >= 4 is 17.0 Å². The van der Waals surface area contributed by atoms with E-state index in [0.717, 1.165) is 31.6 Å². The maximum absolute atomic E-state index is 13.3. The smallest absolute Gasteiger partial charge is 0.269 e. The summed E-state index contributed by atoms with van der Waals surface area (Å²) in [5.74, 6) is -0.259. The largest absolute Gasteiger partial charge is 0.439 e. The second kappa shape index (κ2) is 6.39. The van der Waals surface area contributed by atoms with Crippen molar-refractivity contribution in [2.24, 2.45) is 5.73 Å². The minimum atomic E-state index is -0.524. The molecule has 3 aromatic rings. The number of ether oxygens (including phenoxy) is 1. The molecule has 2 aromatic heterocycles. The van der Waals surface area contributed by atoms with Crippen LogP contribution in [0.25, 0.3) is 11.1 Å². The van der Waals surface area contributed by atoms with Crippen molar-refractivity contribution in [2.75, 3.05) is 13.1 Å². The molecule has 2 aliphatic rings. The highest BCUT2D eigenvalue weighted by Crippen LogP contribution is 2.33. The summed E-state index contributed by atoms with van der Waals surface area (Å²) in [6, 6.07) is 6.05. The van der Waals surface area contributed by atoms with E-state index in [1.165, 1.54) is 12.1 Å². The fraction of sp³-hybridized carbons (Fsp3) is 0.421. The third kappa shape index (κ3) is 3.06. The number of halogens is 1. The second-order valence-electron chi connectivity index (χ2n) is 7.51. The zero-order valence-corrected chi connectivity index (χ0v) is 15.2. The SMILES string of the molecule is NC(=O)c1cc2n(n1)CC1(CCN(Cc3nc4cc(F)ccc4o3)CC1)OC2. The Bertz CT molecular complexity index is 1050. The van der Waals surface area contributed by atoms with Gasteiger partial charge in [-0.05, 0) is 31.0 Å². The number of nitrogens with zero attached hydrogens (tertiary/aromatic N) is 4. The number of hydrogen-bond acceptors (Lipinski definition) is 6. The van der Waals surface area contributed by atoms with E-state index in [1.807, 2.05) is 4.68 Å². The molecule has 1 spiro atoms. The van der Waals surface area contributed by atoms with E-state index in [9.17, 15) is 9.18 Å². The quantitative estimate of drug-likeness (QED) is 0.738. The Labute approximate surface area is 160 Å². The van der Waals surface area contributed by atoms with Crippen LogP contribution in [0.4, 0.5) is 4.39 Å². The lowest BCUT2D eigenvalue weighted by Crippen LogP contribution is -2.50. The van der Waals surface area contributed by atoms with Crippen molar-refractivity contribution in [2.45, 2.75) is 38.1 Å². The van der Waals surface area contributed by atoms with Crippen LogP contribution in [-0.2, 0) is 24.4 Å². The molecule has 1 amide bonds. The third-order valence-electron chi connectivity index (χ3n) is 5.60. The zero-order valence-electron chi connectivity index (χ0n) is 15.2. The molecule has 0 saturated carbocycles. The lowest BCUT2D eigenvalue weighted by molar-refractivity contribution is -0.124. The van der Waals surface area contributed by atoms with Crippen molar-refractivity contribution in [3.63, 3.8) is 0 Å². The number of hydrogen-bond donors (Lipinski definition) is 1. The number of carbonyl (C=O) groups is 1. The molecule has 1 fully saturated rings. The van der Waals surface area contributed by atoms with Crippen molar-refractivity contribution in [1.82, 2.24) is 19.7 Å². The zero-order chi connectivity index (χ0) is 19.3. The highest BCUT2D eigenvalue weighted by molar-refractivity contribution is 5.90. The average molecular weight is 385 g/mol. The number of carbonyl (C=O) groups excluding carboxylic acids is 1. The number of piperidine rings is 1. The molecule has 0 unspecified atom stereocenters. The maximum Gasteiger partial charge on any atom is 0.269 e. The second-order valence-corrected chi connectivity index (χ2v) is 7.51. The highest BCUT2D eigenvalue weighted by Gasteiger charge is 2.40. The van der Waals surface area contributed by atoms with Crippen molar-refractivity contribution in [3.8, 4) is 0 Å². The first-order chi connectivity index (χ1) is 13.5. The van der Waals surface area contributed by atoms with Gasteiger partial charge in [-0.1, -0.05) is 0 Å². The van der Waals surface area contributed by atoms with Gasteiger partial charge in [0.15, 0.2) is 5.58 Å². The normalized spacial score (nSPS) is 19.2. The number of benzene rings is 1. The van der Waals surface area contributed by atoms with Gasteiger partial charge in [0.1, 0.15) is 17.0 Å². The molecule has 9 heteroatoms. The fourth-order valence-electron chi connectivity index (χ4n) is 4.00. The van der Waals surface area contributed by atoms with Crippen LogP contribution in [0.5, 0.6) is 0 Å². The molecule has 0 aliphatic carbocycles. The Kier molecular flexibility index (Phi) is 3.95. The summed E-state index contributed by atoms with van der Waals surface area (Å²) in [6.45, 7) is 3.27. The van der Waals surface area contributed by atoms with E-state index < -0.39 is 5.91 Å². The van der Waals surface area contributed by atoms with Crippen LogP contribution < -0.4 is 5.73 Å². The van der Waals surface area contributed by atoms with Gasteiger partial charge in [0, 0.05) is 19.2 Å². The van der Waals surface area contributed by atoms with Crippen molar-refractivity contribution in [3.05, 3.63) is 47.4 Å². The summed E-state index contributed by atoms with van der Waals surface area (Å²) in [5, 5.41) is 4.31. The van der Waals surface area contributed by atoms with E-state index >= 15 is 0 Å². The van der Waals surface area contributed by atoms with Crippen molar-refractivity contribution < 1.29 is 18.3 Å². The Morgan fingerprint density at radius 1 is 1.29 bits per heavy atom. The summed E-state index contributed by atoms with van der Waals surface area (Å²) in [7, 11) is 0. The van der Waals surface area contributed by atoms with Gasteiger partial charge in [-0.15, -0.1) is 0 Å². The first kappa shape index (κ1) is 17.3. The van der Waals surface area contributed by atoms with Crippen molar-refractivity contribution in [1.29, 1.82) is 0 Å². The number of aromatic nitrogens is 3. The minimum absolute atomic E-state index is 0.278. The molecule has 5 rings (SSSR count). The molecule has 146 valence electrons. The van der Waals surface area contributed by atoms with Crippen LogP contribution in [-0.4, -0.2) is 44.3 Å². The lowest BCUT2D eigenvalue weighted by Gasteiger charge is -2.43. The number of primary amides is 1. The Hall–Kier alpha value is -2.78. The molecule has 8 nitrogen and oxygen atoms in total. The predicted molar refractivity (Wildman–Crippen MR) is 96.7 cm³/mol. The van der Waals surface area contributed by atoms with Gasteiger partial charge in [0.2, 0.25) is 5.89 Å². The van der Waals surface area contributed by atoms with Crippen LogP contribution in [0.2, 0.25) is 0 Å². The van der Waals surface area contributed by atoms with Gasteiger partial charge in [-0.2, -0.15) is 5.10 Å². The van der Waals surface area contributed by atoms with Gasteiger partial charge >= 0.3 is 0 Å². The summed E-state index contributed by atoms with van der Waals surface area (Å²) in [5.41, 5.74) is 7.33. The fourth-order valence-corrected chi connectivity index (χ4v) is 4.00. The van der Waals surface area contributed by atoms with Gasteiger partial charge < -0.3 is 14.9 Å². The van der Waals surface area contributed by atoms with Crippen LogP contribution in [0.15, 0.2) is 28.7 Å². The Morgan fingerprint density at radius 2 is 2.11 bits per heavy atom. The molecule has 1 aromatic carbocycles. The highest BCUT2D eigenvalue weighted by atomic mass is 19.1. The molecular weight excluding hydrogens is 365 g/mol. The molecule has 0 atom stereocenters. The van der Waals surface area contributed by atoms with Crippen LogP contribution in [0.3, 0.4) is 0 Å². The standard InChI is InChI=1S/C19H20FN5O3/c20-12-1-2-16-14(7-12)22-17(28-16)9-24-5-3-19(4-6-24)11-25-13(10-27-19)8-15(23-25)18(21)26/h1-2,7-8H,3-6,9-11H2,(H2,21,26). The van der Waals surface area contributed by atoms with Crippen LogP contribution in [0, 0.1) is 5.82 Å². The number of fused-ring (bicyclic) bond motifs is 2. The molecule has 2 N–H and O–H groups in total. The lowest BCUT2D eigenvalue weighted by atomic mass is 9.90. The third-order valence-corrected chi connectivity index (χ3v) is 5.60. The van der Waals surface area contributed by atoms with Gasteiger partial charge in [-0.25, -0.2) is 9.37 Å². The molecular formula is C19H20FN5O3. The summed E-state index contributed by atoms with van der Waals surface area (Å²) in [4.78, 5) is 18.0. The van der Waals surface area contributed by atoms with Crippen LogP contribution in [0.1, 0.15) is 34.9 Å². The number of rotatable bonds is 3. The summed E-state index contributed by atoms with van der Waals surface area (Å²) in [6.07, 6.45) is 1.68. The first-order valence-corrected chi connectivity index (χ1v) is 9.28. The van der Waals surface area contributed by atoms with E-state index in [0.29, 0.717) is 36.7 Å². The van der Waals surface area contributed by atoms with Gasteiger partial charge in [0.05, 0.1) is 31.0 Å². The minimum Gasteiger partial charge on any atom is -0.439 e. The van der Waals surface area contributed by atoms with E-state index in [1.54, 1.807) is 12.1 Å². The van der Waals surface area contributed by atoms with Crippen LogP contribution >= 0.6 is 0 Å². The molecule has 1 saturated heterocycles. The van der Waals surface area contributed by atoms with Gasteiger partial charge in [0.25, 0.3) is 5.91 Å². The number of nitrogens with two attached hydrogens (primary N) is 1. The Balaban J connectivity index is 1.25. The molecule has 0 radical (unpaired) electrons. The molecule has 4 heterocycles. The average Bonchev–Trinajstić information content (AvgIpc) is 3.26. The summed E-state index contributed by atoms with van der Waals surface area (Å²) < 4.78 is 27.1. The Morgan fingerprint density at radius 3 is 2.89 bits per heavy atom. The maximum atomic E-state index is 13.3. The number of amides is 1. The van der Waals surface area contributed by atoms with Gasteiger partial charge in [-0.3, -0.25) is 14.4 Å². The topological polar surface area (TPSA) is 99.4 Å². The van der Waals surface area contributed by atoms with E-state index in [-0.39, 0.29) is 17.1 Å². The predicted octanol–water partition coefficient (Wildman–Crippen LogP) is 1.83. The van der Waals surface area contributed by atoms with E-state index in [2.05, 4.69) is 15.0 Å². The molecule has 2 aliphatic heterocycles. The molecule has 0 bridgehead atoms. The van der Waals surface area contributed by atoms with E-state index in [4.69, 9.17) is 14.9 Å². The summed E-state index contributed by atoms with van der Waals surface area (Å²) >= 11 is 0. The first-order valence-electron chi connectivity index (χ1n) is 9.28. The number of oxazole rings is 1. The molecule has 28 heavy (non-hydrogen) atoms.